The average Bonchev–Trinajstić information content (AvgIpc) is 2.86. The molecular formula is C28H27N3O2. The number of likely N-dealkylation sites (N-methyl/N-ethyl adjacent to an activating group) is 1. The van der Waals surface area contributed by atoms with Crippen LogP contribution in [0.15, 0.2) is 97.2 Å². The van der Waals surface area contributed by atoms with E-state index in [0.29, 0.717) is 18.7 Å². The fourth-order valence-electron chi connectivity index (χ4n) is 3.49. The Balaban J connectivity index is 1.36. The van der Waals surface area contributed by atoms with Crippen LogP contribution in [-0.2, 0) is 0 Å². The molecule has 0 atom stereocenters. The molecular weight excluding hydrogens is 410 g/mol. The summed E-state index contributed by atoms with van der Waals surface area (Å²) in [4.78, 5) is 19.4. The molecule has 1 heterocycles. The minimum absolute atomic E-state index is 0.142. The van der Waals surface area contributed by atoms with E-state index in [-0.39, 0.29) is 5.91 Å². The molecule has 0 unspecified atom stereocenters. The standard InChI is InChI=1S/C28H27N3O2/c1-21-10-12-22(13-11-21)25-7-3-4-8-26(25)28(32)30-23-14-16-24(17-15-23)33-20-19-31(2)27-9-5-6-18-29-27/h3-18H,19-20H2,1-2H3,(H,30,32). The van der Waals surface area contributed by atoms with Crippen molar-refractivity contribution in [3.8, 4) is 16.9 Å². The number of hydrogen-bond acceptors (Lipinski definition) is 4. The first-order valence-corrected chi connectivity index (χ1v) is 10.9. The predicted molar refractivity (Wildman–Crippen MR) is 134 cm³/mol. The molecule has 33 heavy (non-hydrogen) atoms. The van der Waals surface area contributed by atoms with E-state index in [1.807, 2.05) is 90.8 Å². The molecule has 5 nitrogen and oxygen atoms in total. The van der Waals surface area contributed by atoms with Crippen molar-refractivity contribution < 1.29 is 9.53 Å². The molecule has 0 spiro atoms. The highest BCUT2D eigenvalue weighted by molar-refractivity contribution is 6.08. The number of carbonyl (C=O) groups is 1. The highest BCUT2D eigenvalue weighted by atomic mass is 16.5. The average molecular weight is 438 g/mol. The summed E-state index contributed by atoms with van der Waals surface area (Å²) in [5, 5.41) is 2.99. The maximum absolute atomic E-state index is 13.0. The Morgan fingerprint density at radius 3 is 2.36 bits per heavy atom. The summed E-state index contributed by atoms with van der Waals surface area (Å²) in [7, 11) is 1.98. The summed E-state index contributed by atoms with van der Waals surface area (Å²) < 4.78 is 5.85. The quantitative estimate of drug-likeness (QED) is 0.377. The van der Waals surface area contributed by atoms with Crippen molar-refractivity contribution in [1.82, 2.24) is 4.98 Å². The zero-order valence-electron chi connectivity index (χ0n) is 18.9. The molecule has 4 rings (SSSR count). The van der Waals surface area contributed by atoms with E-state index in [4.69, 9.17) is 4.74 Å². The van der Waals surface area contributed by atoms with E-state index in [0.717, 1.165) is 28.4 Å². The number of ether oxygens (including phenoxy) is 1. The van der Waals surface area contributed by atoms with Crippen molar-refractivity contribution in [2.45, 2.75) is 6.92 Å². The van der Waals surface area contributed by atoms with Crippen LogP contribution in [0.4, 0.5) is 11.5 Å². The maximum Gasteiger partial charge on any atom is 0.256 e. The number of carbonyl (C=O) groups excluding carboxylic acids is 1. The summed E-state index contributed by atoms with van der Waals surface area (Å²) in [5.74, 6) is 1.52. The molecule has 3 aromatic carbocycles. The summed E-state index contributed by atoms with van der Waals surface area (Å²) in [6.07, 6.45) is 1.78. The normalized spacial score (nSPS) is 10.5. The molecule has 0 fully saturated rings. The third-order valence-electron chi connectivity index (χ3n) is 5.38. The molecule has 0 aliphatic rings. The lowest BCUT2D eigenvalue weighted by atomic mass is 9.98. The van der Waals surface area contributed by atoms with Crippen molar-refractivity contribution in [2.24, 2.45) is 0 Å². The molecule has 0 saturated heterocycles. The van der Waals surface area contributed by atoms with Gasteiger partial charge in [-0.25, -0.2) is 4.98 Å². The summed E-state index contributed by atoms with van der Waals surface area (Å²) in [6, 6.07) is 29.1. The second-order valence-electron chi connectivity index (χ2n) is 7.85. The number of rotatable bonds is 8. The van der Waals surface area contributed by atoms with Crippen LogP contribution in [0.1, 0.15) is 15.9 Å². The zero-order valence-corrected chi connectivity index (χ0v) is 18.9. The van der Waals surface area contributed by atoms with E-state index in [1.54, 1.807) is 6.20 Å². The van der Waals surface area contributed by atoms with E-state index < -0.39 is 0 Å². The molecule has 4 aromatic rings. The van der Waals surface area contributed by atoms with Gasteiger partial charge in [-0.3, -0.25) is 4.79 Å². The van der Waals surface area contributed by atoms with Gasteiger partial charge in [0.1, 0.15) is 18.2 Å². The predicted octanol–water partition coefficient (Wildman–Crippen LogP) is 5.82. The Morgan fingerprint density at radius 2 is 1.64 bits per heavy atom. The van der Waals surface area contributed by atoms with Gasteiger partial charge in [0.25, 0.3) is 5.91 Å². The van der Waals surface area contributed by atoms with Crippen LogP contribution in [-0.4, -0.2) is 31.1 Å². The molecule has 166 valence electrons. The lowest BCUT2D eigenvalue weighted by molar-refractivity contribution is 0.102. The molecule has 1 aromatic heterocycles. The molecule has 0 aliphatic carbocycles. The topological polar surface area (TPSA) is 54.5 Å². The summed E-state index contributed by atoms with van der Waals surface area (Å²) in [6.45, 7) is 3.29. The monoisotopic (exact) mass is 437 g/mol. The van der Waals surface area contributed by atoms with Gasteiger partial charge in [-0.05, 0) is 60.5 Å². The van der Waals surface area contributed by atoms with E-state index in [2.05, 4.69) is 29.4 Å². The van der Waals surface area contributed by atoms with Gasteiger partial charge in [0.2, 0.25) is 0 Å². The van der Waals surface area contributed by atoms with Gasteiger partial charge in [0.15, 0.2) is 0 Å². The fraction of sp³-hybridized carbons (Fsp3) is 0.143. The highest BCUT2D eigenvalue weighted by Crippen LogP contribution is 2.25. The van der Waals surface area contributed by atoms with Gasteiger partial charge in [-0.15, -0.1) is 0 Å². The second-order valence-corrected chi connectivity index (χ2v) is 7.85. The minimum Gasteiger partial charge on any atom is -0.492 e. The van der Waals surface area contributed by atoms with Crippen LogP contribution in [0, 0.1) is 6.92 Å². The van der Waals surface area contributed by atoms with Crippen molar-refractivity contribution in [2.75, 3.05) is 30.4 Å². The Kier molecular flexibility index (Phi) is 7.00. The molecule has 0 radical (unpaired) electrons. The molecule has 1 amide bonds. The maximum atomic E-state index is 13.0. The summed E-state index contributed by atoms with van der Waals surface area (Å²) in [5.41, 5.74) is 4.47. The van der Waals surface area contributed by atoms with Crippen LogP contribution in [0.5, 0.6) is 5.75 Å². The van der Waals surface area contributed by atoms with Gasteiger partial charge >= 0.3 is 0 Å². The number of nitrogens with one attached hydrogen (secondary N) is 1. The first-order chi connectivity index (χ1) is 16.1. The number of nitrogens with zero attached hydrogens (tertiary/aromatic N) is 2. The SMILES string of the molecule is Cc1ccc(-c2ccccc2C(=O)Nc2ccc(OCCN(C)c3ccccn3)cc2)cc1. The van der Waals surface area contributed by atoms with Crippen LogP contribution in [0.2, 0.25) is 0 Å². The Hall–Kier alpha value is -4.12. The Morgan fingerprint density at radius 1 is 0.909 bits per heavy atom. The largest absolute Gasteiger partial charge is 0.492 e. The van der Waals surface area contributed by atoms with Gasteiger partial charge < -0.3 is 15.0 Å². The third-order valence-corrected chi connectivity index (χ3v) is 5.38. The molecule has 0 aliphatic heterocycles. The lowest BCUT2D eigenvalue weighted by Crippen LogP contribution is -2.24. The van der Waals surface area contributed by atoms with Crippen molar-refractivity contribution >= 4 is 17.4 Å². The van der Waals surface area contributed by atoms with Crippen molar-refractivity contribution in [3.63, 3.8) is 0 Å². The Labute approximate surface area is 194 Å². The van der Waals surface area contributed by atoms with E-state index >= 15 is 0 Å². The minimum atomic E-state index is -0.142. The number of anilines is 2. The molecule has 5 heteroatoms. The number of benzene rings is 3. The van der Waals surface area contributed by atoms with Gasteiger partial charge in [0.05, 0.1) is 6.54 Å². The van der Waals surface area contributed by atoms with Crippen LogP contribution in [0.25, 0.3) is 11.1 Å². The van der Waals surface area contributed by atoms with Crippen LogP contribution >= 0.6 is 0 Å². The van der Waals surface area contributed by atoms with E-state index in [9.17, 15) is 4.79 Å². The van der Waals surface area contributed by atoms with Crippen molar-refractivity contribution in [1.29, 1.82) is 0 Å². The van der Waals surface area contributed by atoms with Gasteiger partial charge in [0, 0.05) is 24.5 Å². The van der Waals surface area contributed by atoms with Gasteiger partial charge in [-0.1, -0.05) is 54.1 Å². The third kappa shape index (κ3) is 5.77. The first kappa shape index (κ1) is 22.1. The van der Waals surface area contributed by atoms with E-state index in [1.165, 1.54) is 5.56 Å². The number of aryl methyl sites for hydroxylation is 1. The fourth-order valence-corrected chi connectivity index (χ4v) is 3.49. The molecule has 0 saturated carbocycles. The van der Waals surface area contributed by atoms with Gasteiger partial charge in [-0.2, -0.15) is 0 Å². The lowest BCUT2D eigenvalue weighted by Gasteiger charge is -2.18. The number of amides is 1. The van der Waals surface area contributed by atoms with Crippen LogP contribution < -0.4 is 15.0 Å². The van der Waals surface area contributed by atoms with Crippen LogP contribution in [0.3, 0.4) is 0 Å². The molecule has 1 N–H and O–H groups in total. The summed E-state index contributed by atoms with van der Waals surface area (Å²) >= 11 is 0. The Bertz CT molecular complexity index is 1190. The second kappa shape index (κ2) is 10.5. The zero-order chi connectivity index (χ0) is 23.0. The number of pyridine rings is 1. The smallest absolute Gasteiger partial charge is 0.256 e. The first-order valence-electron chi connectivity index (χ1n) is 10.9. The number of hydrogen-bond donors (Lipinski definition) is 1. The molecule has 0 bridgehead atoms. The van der Waals surface area contributed by atoms with Crippen molar-refractivity contribution in [3.05, 3.63) is 108 Å². The number of aromatic nitrogens is 1. The highest BCUT2D eigenvalue weighted by Gasteiger charge is 2.13.